The first kappa shape index (κ1) is 14.3. The highest BCUT2D eigenvalue weighted by atomic mass is 14.9. The molecule has 0 aromatic heterocycles. The van der Waals surface area contributed by atoms with Crippen LogP contribution < -0.4 is 5.32 Å². The standard InChI is InChI=1S/C20H25N/c1-15-7-6-10-18(13-15)20-14-21-12-11-19(20)16(2)17-8-4-3-5-9-17/h3-10,13,16,19-21H,11-12,14H2,1-2H3. The lowest BCUT2D eigenvalue weighted by Gasteiger charge is -2.37. The molecule has 21 heavy (non-hydrogen) atoms. The van der Waals surface area contributed by atoms with Crippen molar-refractivity contribution in [2.24, 2.45) is 5.92 Å². The largest absolute Gasteiger partial charge is 0.316 e. The van der Waals surface area contributed by atoms with Gasteiger partial charge in [-0.25, -0.2) is 0 Å². The predicted molar refractivity (Wildman–Crippen MR) is 89.8 cm³/mol. The van der Waals surface area contributed by atoms with Crippen LogP contribution in [-0.2, 0) is 0 Å². The Hall–Kier alpha value is -1.60. The second kappa shape index (κ2) is 6.44. The molecule has 2 aromatic carbocycles. The zero-order valence-corrected chi connectivity index (χ0v) is 13.0. The van der Waals surface area contributed by atoms with Crippen LogP contribution in [0.25, 0.3) is 0 Å². The summed E-state index contributed by atoms with van der Waals surface area (Å²) in [7, 11) is 0. The van der Waals surface area contributed by atoms with E-state index < -0.39 is 0 Å². The molecule has 0 spiro atoms. The van der Waals surface area contributed by atoms with E-state index in [9.17, 15) is 0 Å². The molecule has 3 atom stereocenters. The fraction of sp³-hybridized carbons (Fsp3) is 0.400. The second-order valence-electron chi connectivity index (χ2n) is 6.38. The maximum atomic E-state index is 3.59. The van der Waals surface area contributed by atoms with Crippen molar-refractivity contribution in [3.8, 4) is 0 Å². The van der Waals surface area contributed by atoms with Crippen molar-refractivity contribution in [3.05, 3.63) is 71.3 Å². The van der Waals surface area contributed by atoms with Gasteiger partial charge in [-0.1, -0.05) is 67.1 Å². The molecule has 0 radical (unpaired) electrons. The van der Waals surface area contributed by atoms with E-state index in [0.29, 0.717) is 11.8 Å². The van der Waals surface area contributed by atoms with Gasteiger partial charge in [0.2, 0.25) is 0 Å². The molecule has 1 saturated heterocycles. The monoisotopic (exact) mass is 279 g/mol. The zero-order valence-electron chi connectivity index (χ0n) is 13.0. The van der Waals surface area contributed by atoms with Gasteiger partial charge in [-0.15, -0.1) is 0 Å². The number of aryl methyl sites for hydroxylation is 1. The van der Waals surface area contributed by atoms with Crippen molar-refractivity contribution < 1.29 is 0 Å². The summed E-state index contributed by atoms with van der Waals surface area (Å²) in [5.41, 5.74) is 4.33. The average molecular weight is 279 g/mol. The molecule has 1 heteroatoms. The summed E-state index contributed by atoms with van der Waals surface area (Å²) in [4.78, 5) is 0. The van der Waals surface area contributed by atoms with E-state index in [1.165, 1.54) is 23.1 Å². The molecule has 1 nitrogen and oxygen atoms in total. The van der Waals surface area contributed by atoms with Crippen LogP contribution in [0.1, 0.15) is 41.9 Å². The van der Waals surface area contributed by atoms with Gasteiger partial charge in [-0.2, -0.15) is 0 Å². The van der Waals surface area contributed by atoms with E-state index >= 15 is 0 Å². The average Bonchev–Trinajstić information content (AvgIpc) is 2.55. The van der Waals surface area contributed by atoms with Crippen molar-refractivity contribution in [3.63, 3.8) is 0 Å². The molecule has 0 saturated carbocycles. The predicted octanol–water partition coefficient (Wildman–Crippen LogP) is 4.49. The first-order chi connectivity index (χ1) is 10.3. The van der Waals surface area contributed by atoms with Gasteiger partial charge in [0, 0.05) is 6.54 Å². The Morgan fingerprint density at radius 3 is 2.62 bits per heavy atom. The van der Waals surface area contributed by atoms with E-state index in [2.05, 4.69) is 73.8 Å². The lowest BCUT2D eigenvalue weighted by atomic mass is 9.72. The fourth-order valence-corrected chi connectivity index (χ4v) is 3.75. The lowest BCUT2D eigenvalue weighted by Crippen LogP contribution is -2.37. The number of benzene rings is 2. The highest BCUT2D eigenvalue weighted by Crippen LogP contribution is 2.39. The van der Waals surface area contributed by atoms with Crippen LogP contribution in [0.15, 0.2) is 54.6 Å². The van der Waals surface area contributed by atoms with Gasteiger partial charge < -0.3 is 5.32 Å². The molecular weight excluding hydrogens is 254 g/mol. The molecular formula is C20H25N. The molecule has 1 heterocycles. The maximum Gasteiger partial charge on any atom is 0.00230 e. The smallest absolute Gasteiger partial charge is 0.00230 e. The molecule has 2 aromatic rings. The van der Waals surface area contributed by atoms with Crippen molar-refractivity contribution in [2.75, 3.05) is 13.1 Å². The third-order valence-corrected chi connectivity index (χ3v) is 4.97. The summed E-state index contributed by atoms with van der Waals surface area (Å²) in [6.07, 6.45) is 1.26. The minimum absolute atomic E-state index is 0.610. The summed E-state index contributed by atoms with van der Waals surface area (Å²) in [6, 6.07) is 20.0. The Balaban J connectivity index is 1.88. The van der Waals surface area contributed by atoms with E-state index in [1.807, 2.05) is 0 Å². The summed E-state index contributed by atoms with van der Waals surface area (Å²) < 4.78 is 0. The van der Waals surface area contributed by atoms with Gasteiger partial charge in [0.15, 0.2) is 0 Å². The Morgan fingerprint density at radius 1 is 1.05 bits per heavy atom. The molecule has 0 amide bonds. The van der Waals surface area contributed by atoms with Gasteiger partial charge in [0.05, 0.1) is 0 Å². The third kappa shape index (κ3) is 3.19. The van der Waals surface area contributed by atoms with Gasteiger partial charge in [-0.3, -0.25) is 0 Å². The van der Waals surface area contributed by atoms with E-state index in [4.69, 9.17) is 0 Å². The van der Waals surface area contributed by atoms with Crippen molar-refractivity contribution in [1.29, 1.82) is 0 Å². The highest BCUT2D eigenvalue weighted by molar-refractivity contribution is 5.29. The van der Waals surface area contributed by atoms with Crippen molar-refractivity contribution in [2.45, 2.75) is 32.1 Å². The third-order valence-electron chi connectivity index (χ3n) is 4.97. The Kier molecular flexibility index (Phi) is 4.40. The summed E-state index contributed by atoms with van der Waals surface area (Å²) in [6.45, 7) is 6.83. The van der Waals surface area contributed by atoms with Crippen LogP contribution in [0.5, 0.6) is 0 Å². The molecule has 110 valence electrons. The molecule has 3 rings (SSSR count). The summed E-state index contributed by atoms with van der Waals surface area (Å²) >= 11 is 0. The fourth-order valence-electron chi connectivity index (χ4n) is 3.75. The van der Waals surface area contributed by atoms with Gasteiger partial charge >= 0.3 is 0 Å². The van der Waals surface area contributed by atoms with Crippen molar-refractivity contribution in [1.82, 2.24) is 5.32 Å². The number of nitrogens with one attached hydrogen (secondary N) is 1. The highest BCUT2D eigenvalue weighted by Gasteiger charge is 2.31. The Morgan fingerprint density at radius 2 is 1.86 bits per heavy atom. The minimum atomic E-state index is 0.610. The molecule has 1 N–H and O–H groups in total. The quantitative estimate of drug-likeness (QED) is 0.872. The first-order valence-corrected chi connectivity index (χ1v) is 8.08. The SMILES string of the molecule is Cc1cccc(C2CNCCC2C(C)c2ccccc2)c1. The van der Waals surface area contributed by atoms with Crippen LogP contribution in [0, 0.1) is 12.8 Å². The summed E-state index contributed by atoms with van der Waals surface area (Å²) in [5.74, 6) is 1.95. The number of hydrogen-bond acceptors (Lipinski definition) is 1. The Labute approximate surface area is 128 Å². The second-order valence-corrected chi connectivity index (χ2v) is 6.38. The van der Waals surface area contributed by atoms with Crippen molar-refractivity contribution >= 4 is 0 Å². The molecule has 3 unspecified atom stereocenters. The van der Waals surface area contributed by atoms with Crippen LogP contribution >= 0.6 is 0 Å². The molecule has 1 fully saturated rings. The Bertz CT molecular complexity index is 575. The first-order valence-electron chi connectivity index (χ1n) is 8.08. The van der Waals surface area contributed by atoms with E-state index in [1.54, 1.807) is 0 Å². The van der Waals surface area contributed by atoms with E-state index in [0.717, 1.165) is 19.0 Å². The maximum absolute atomic E-state index is 3.59. The summed E-state index contributed by atoms with van der Waals surface area (Å²) in [5, 5.41) is 3.59. The van der Waals surface area contributed by atoms with Crippen LogP contribution in [0.2, 0.25) is 0 Å². The molecule has 0 aliphatic carbocycles. The zero-order chi connectivity index (χ0) is 14.7. The van der Waals surface area contributed by atoms with Gasteiger partial charge in [0.25, 0.3) is 0 Å². The molecule has 1 aliphatic rings. The molecule has 1 aliphatic heterocycles. The topological polar surface area (TPSA) is 12.0 Å². The minimum Gasteiger partial charge on any atom is -0.316 e. The van der Waals surface area contributed by atoms with Crippen LogP contribution in [-0.4, -0.2) is 13.1 Å². The number of hydrogen-bond donors (Lipinski definition) is 1. The van der Waals surface area contributed by atoms with Crippen LogP contribution in [0.4, 0.5) is 0 Å². The van der Waals surface area contributed by atoms with Gasteiger partial charge in [-0.05, 0) is 48.8 Å². The number of piperidine rings is 1. The molecule has 0 bridgehead atoms. The normalized spacial score (nSPS) is 23.7. The lowest BCUT2D eigenvalue weighted by molar-refractivity contribution is 0.285. The van der Waals surface area contributed by atoms with E-state index in [-0.39, 0.29) is 0 Å². The van der Waals surface area contributed by atoms with Crippen LogP contribution in [0.3, 0.4) is 0 Å². The number of rotatable bonds is 3. The van der Waals surface area contributed by atoms with Gasteiger partial charge in [0.1, 0.15) is 0 Å².